The minimum atomic E-state index is -2.35. The van der Waals surface area contributed by atoms with Crippen molar-refractivity contribution in [3.8, 4) is 0 Å². The summed E-state index contributed by atoms with van der Waals surface area (Å²) in [4.78, 5) is 0. The summed E-state index contributed by atoms with van der Waals surface area (Å²) >= 11 is 0. The first kappa shape index (κ1) is 82.0. The Morgan fingerprint density at radius 2 is 0.620 bits per heavy atom. The van der Waals surface area contributed by atoms with Gasteiger partial charge in [0, 0.05) is 88.1 Å². The zero-order chi connectivity index (χ0) is 66.1. The van der Waals surface area contributed by atoms with Crippen molar-refractivity contribution < 1.29 is 271 Å². The van der Waals surface area contributed by atoms with Gasteiger partial charge in [-0.1, -0.05) is 18.2 Å². The van der Waals surface area contributed by atoms with E-state index in [2.05, 4.69) is 6.58 Å². The monoisotopic (exact) mass is 1770 g/mol. The van der Waals surface area contributed by atoms with Gasteiger partial charge in [-0.05, 0) is 13.8 Å². The van der Waals surface area contributed by atoms with Crippen molar-refractivity contribution in [3.05, 3.63) is 24.1 Å². The first-order chi connectivity index (χ1) is 42.7. The topological polar surface area (TPSA) is 620 Å². The summed E-state index contributed by atoms with van der Waals surface area (Å²) in [6, 6.07) is -4.15. The van der Waals surface area contributed by atoms with Crippen LogP contribution >= 0.6 is 0 Å². The van der Waals surface area contributed by atoms with Crippen molar-refractivity contribution >= 4 is 0 Å². The molecule has 2 radical (unpaired) electrons. The molecule has 8 fully saturated rings. The molecule has 92 heavy (non-hydrogen) atoms. The molecule has 0 bridgehead atoms. The average Bonchev–Trinajstić information content (AvgIpc) is 0.835. The van der Waals surface area contributed by atoms with Crippen molar-refractivity contribution in [3.63, 3.8) is 0 Å². The summed E-state index contributed by atoms with van der Waals surface area (Å²) in [7, 11) is 0. The zero-order valence-electron chi connectivity index (χ0n) is 49.4. The standard InChI is InChI=1S/C51H86N2O37.2Ac/c1-4-5-75-46-36(73)31(68)38(16(8-56)83-46)85-51-37(74)43(90-45-21(53)42(89-50-35(72)30(67)25(62)15(7-55)80-50)40(18(10-58)82-45)86-47-32(69)27(64)22(59)12(2)77-47)26(63)19(84-51)11-76-44-20(52)41(88-48-33(70)28(65)23(60)13(3)78-48)39(17(9-57)81-44)87-49-34(71)29(66)24(61)14(6-54)79-49;;/h4,12-74H,1,5-11H2,2-3H3;;/q-2;;/t12?,13?,14?,15?,16?,17?,18?,19?,20?,21?,22-,23+,24-,25-,26-,27?,28?,29?,30?,31?,32?,33?,34?,35?,36?,37?,38-,39-,40-,41?,42?,43?,44+,45-,46+,47-,48?,49-,50-,51-;;/m0../s1. The maximum atomic E-state index is 12.3. The molecule has 8 saturated heterocycles. The third-order valence-electron chi connectivity index (χ3n) is 17.0. The number of nitrogens with one attached hydrogen (secondary N) is 2. The third-order valence-corrected chi connectivity index (χ3v) is 17.0. The molecule has 8 aliphatic heterocycles. The number of hydrogen-bond donors (Lipinski definition) is 21. The van der Waals surface area contributed by atoms with E-state index in [9.17, 15) is 119 Å². The van der Waals surface area contributed by atoms with Crippen molar-refractivity contribution in [1.29, 1.82) is 0 Å². The van der Waals surface area contributed by atoms with Crippen LogP contribution in [0.1, 0.15) is 13.8 Å². The Morgan fingerprint density at radius 3 is 1.05 bits per heavy atom. The fourth-order valence-corrected chi connectivity index (χ4v) is 11.6. The van der Waals surface area contributed by atoms with Crippen molar-refractivity contribution in [2.45, 2.75) is 259 Å². The molecule has 0 aromatic carbocycles. The molecule has 0 aliphatic carbocycles. The van der Waals surface area contributed by atoms with E-state index in [0.717, 1.165) is 0 Å². The molecule has 530 valence electrons. The molecular weight excluding hydrogens is 1690 g/mol. The van der Waals surface area contributed by atoms with E-state index in [0.29, 0.717) is 0 Å². The Morgan fingerprint density at radius 1 is 0.304 bits per heavy atom. The molecule has 0 aromatic rings. The first-order valence-electron chi connectivity index (χ1n) is 29.0. The molecule has 8 rings (SSSR count). The molecule has 0 amide bonds. The molecule has 23 N–H and O–H groups in total. The van der Waals surface area contributed by atoms with Crippen molar-refractivity contribution in [2.75, 3.05) is 46.2 Å². The normalized spacial score (nSPS) is 51.9. The summed E-state index contributed by atoms with van der Waals surface area (Å²) in [5.41, 5.74) is 19.0. The minimum Gasteiger partial charge on any atom is -0.668 e. The predicted molar refractivity (Wildman–Crippen MR) is 280 cm³/mol. The van der Waals surface area contributed by atoms with Crippen LogP contribution in [0.2, 0.25) is 0 Å². The van der Waals surface area contributed by atoms with Crippen LogP contribution in [-0.4, -0.2) is 399 Å². The van der Waals surface area contributed by atoms with Crippen LogP contribution in [0.4, 0.5) is 0 Å². The number of aliphatic hydroxyl groups excluding tert-OH is 21. The number of aliphatic hydroxyl groups is 21. The van der Waals surface area contributed by atoms with Gasteiger partial charge >= 0.3 is 0 Å². The minimum absolute atomic E-state index is 0. The van der Waals surface area contributed by atoms with Gasteiger partial charge in [0.1, 0.15) is 171 Å². The van der Waals surface area contributed by atoms with Gasteiger partial charge < -0.3 is 194 Å². The summed E-state index contributed by atoms with van der Waals surface area (Å²) < 4.78 is 93.6. The van der Waals surface area contributed by atoms with Gasteiger partial charge in [0.2, 0.25) is 0 Å². The van der Waals surface area contributed by atoms with Crippen LogP contribution in [0.15, 0.2) is 12.7 Å². The SMILES string of the molecule is C=CCO[C@@H]1OC(CO)[C@H](O[C@@H]2OC(CO[C@@H]3OC(CO)[C@H](O[C@@H]4OC(CO)[C@H](O)C(O)C4O)C(OC4OC(C)[C@@H](O)C(O)C4O)C3[NH-])[C@H](O)C(O[C@@H]3OC(CO)[C@H](O[C@@H]4OC(C)[C@H](O)C(O)C4O)C(O[C@@H]4OC(CO)[C@H](O)C(O)C4O)C3[NH-])C2O)C(O)C1O.[Ac].[Ac]. The molecule has 41 heteroatoms. The third kappa shape index (κ3) is 17.7. The van der Waals surface area contributed by atoms with Crippen LogP contribution in [0.3, 0.4) is 0 Å². The van der Waals surface area contributed by atoms with Crippen LogP contribution in [0.25, 0.3) is 11.5 Å². The Kier molecular flexibility index (Phi) is 32.3. The van der Waals surface area contributed by atoms with Gasteiger partial charge in [-0.3, -0.25) is 0 Å². The second-order valence-corrected chi connectivity index (χ2v) is 23.1. The van der Waals surface area contributed by atoms with Gasteiger partial charge in [-0.15, -0.1) is 6.58 Å². The number of hydrogen-bond acceptors (Lipinski definition) is 37. The molecule has 39 nitrogen and oxygen atoms in total. The van der Waals surface area contributed by atoms with E-state index in [4.69, 9.17) is 75.8 Å². The summed E-state index contributed by atoms with van der Waals surface area (Å²) in [6.45, 7) is -0.161. The summed E-state index contributed by atoms with van der Waals surface area (Å²) in [5, 5.41) is 228. The Hall–Kier alpha value is 1.06. The summed E-state index contributed by atoms with van der Waals surface area (Å²) in [6.07, 6.45) is -71.1. The smallest absolute Gasteiger partial charge is 0.187 e. The Balaban J connectivity index is 0.00000672. The van der Waals surface area contributed by atoms with E-state index in [1.165, 1.54) is 19.9 Å². The average molecular weight is 1770 g/mol. The second-order valence-electron chi connectivity index (χ2n) is 23.1. The van der Waals surface area contributed by atoms with Crippen LogP contribution in [-0.2, 0) is 75.8 Å². The predicted octanol–water partition coefficient (Wildman–Crippen LogP) is -13.1. The molecule has 0 saturated carbocycles. The van der Waals surface area contributed by atoms with Crippen molar-refractivity contribution in [2.24, 2.45) is 0 Å². The number of ether oxygens (including phenoxy) is 16. The molecule has 0 spiro atoms. The van der Waals surface area contributed by atoms with Gasteiger partial charge in [0.05, 0.1) is 70.7 Å². The second kappa shape index (κ2) is 36.3. The van der Waals surface area contributed by atoms with Crippen LogP contribution < -0.4 is 0 Å². The van der Waals surface area contributed by atoms with E-state index in [1.807, 2.05) is 0 Å². The van der Waals surface area contributed by atoms with E-state index < -0.39 is 285 Å². The van der Waals surface area contributed by atoms with Gasteiger partial charge in [-0.2, -0.15) is 0 Å². The fraction of sp³-hybridized carbons (Fsp3) is 0.961. The number of rotatable bonds is 23. The Labute approximate surface area is 596 Å². The molecule has 8 heterocycles. The van der Waals surface area contributed by atoms with Crippen molar-refractivity contribution in [1.82, 2.24) is 0 Å². The van der Waals surface area contributed by atoms with Gasteiger partial charge in [0.25, 0.3) is 0 Å². The summed E-state index contributed by atoms with van der Waals surface area (Å²) in [5.74, 6) is 0. The molecule has 0 aromatic heterocycles. The molecule has 40 atom stereocenters. The molecular formula is C51H86Ac2N2O37-2. The maximum absolute atomic E-state index is 12.3. The van der Waals surface area contributed by atoms with Crippen LogP contribution in [0, 0.1) is 88.1 Å². The van der Waals surface area contributed by atoms with Gasteiger partial charge in [0.15, 0.2) is 37.7 Å². The van der Waals surface area contributed by atoms with Crippen LogP contribution in [0.5, 0.6) is 0 Å². The molecule has 8 aliphatic rings. The largest absolute Gasteiger partial charge is 0.668 e. The molecule has 25 unspecified atom stereocenters. The maximum Gasteiger partial charge on any atom is 0.187 e. The van der Waals surface area contributed by atoms with E-state index in [1.54, 1.807) is 0 Å². The van der Waals surface area contributed by atoms with E-state index in [-0.39, 0.29) is 94.7 Å². The Bertz CT molecular complexity index is 2210. The first-order valence-corrected chi connectivity index (χ1v) is 29.0. The van der Waals surface area contributed by atoms with E-state index >= 15 is 0 Å². The fourth-order valence-electron chi connectivity index (χ4n) is 11.6. The quantitative estimate of drug-likeness (QED) is 0.0422. The zero-order valence-corrected chi connectivity index (χ0v) is 58.9. The van der Waals surface area contributed by atoms with Gasteiger partial charge in [-0.25, -0.2) is 0 Å².